The summed E-state index contributed by atoms with van der Waals surface area (Å²) in [6, 6.07) is 14.7. The van der Waals surface area contributed by atoms with Crippen molar-refractivity contribution in [1.29, 1.82) is 0 Å². The lowest BCUT2D eigenvalue weighted by Crippen LogP contribution is -2.04. The molecule has 3 heteroatoms. The zero-order chi connectivity index (χ0) is 13.2. The van der Waals surface area contributed by atoms with Crippen LogP contribution in [-0.2, 0) is 13.1 Å². The lowest BCUT2D eigenvalue weighted by Gasteiger charge is -2.09. The van der Waals surface area contributed by atoms with Gasteiger partial charge < -0.3 is 5.73 Å². The van der Waals surface area contributed by atoms with E-state index in [0.29, 0.717) is 6.54 Å². The summed E-state index contributed by atoms with van der Waals surface area (Å²) in [5.41, 5.74) is 10.6. The van der Waals surface area contributed by atoms with Crippen LogP contribution in [0, 0.1) is 6.92 Å². The second-order valence-electron chi connectivity index (χ2n) is 4.83. The molecule has 0 aliphatic rings. The summed E-state index contributed by atoms with van der Waals surface area (Å²) in [5, 5.41) is 5.65. The zero-order valence-electron chi connectivity index (χ0n) is 11.0. The Bertz CT molecular complexity index is 713. The number of aromatic nitrogens is 2. The Morgan fingerprint density at radius 1 is 1.16 bits per heavy atom. The van der Waals surface area contributed by atoms with Gasteiger partial charge in [-0.15, -0.1) is 0 Å². The highest BCUT2D eigenvalue weighted by Gasteiger charge is 2.05. The Kier molecular flexibility index (Phi) is 3.05. The average Bonchev–Trinajstić information content (AvgIpc) is 2.84. The maximum Gasteiger partial charge on any atom is 0.0686 e. The average molecular weight is 251 g/mol. The van der Waals surface area contributed by atoms with Crippen LogP contribution < -0.4 is 5.73 Å². The Labute approximate surface area is 112 Å². The third-order valence-electron chi connectivity index (χ3n) is 3.51. The molecule has 0 bridgehead atoms. The number of aryl methyl sites for hydroxylation is 1. The standard InChI is InChI=1S/C16H17N3/c1-12-8-13(9-17)6-7-15(12)11-19-16-5-3-2-4-14(16)10-18-19/h2-8,10H,9,11,17H2,1H3. The Balaban J connectivity index is 1.97. The fourth-order valence-electron chi connectivity index (χ4n) is 2.38. The number of hydrogen-bond donors (Lipinski definition) is 1. The number of nitrogens with two attached hydrogens (primary N) is 1. The highest BCUT2D eigenvalue weighted by Crippen LogP contribution is 2.17. The topological polar surface area (TPSA) is 43.8 Å². The molecule has 3 rings (SSSR count). The molecule has 96 valence electrons. The van der Waals surface area contributed by atoms with E-state index in [1.165, 1.54) is 27.6 Å². The molecule has 0 radical (unpaired) electrons. The molecule has 19 heavy (non-hydrogen) atoms. The molecule has 0 aliphatic heterocycles. The SMILES string of the molecule is Cc1cc(CN)ccc1Cn1ncc2ccccc21. The molecule has 0 saturated heterocycles. The summed E-state index contributed by atoms with van der Waals surface area (Å²) in [5.74, 6) is 0. The minimum atomic E-state index is 0.589. The molecule has 2 N–H and O–H groups in total. The van der Waals surface area contributed by atoms with Gasteiger partial charge in [-0.2, -0.15) is 5.10 Å². The van der Waals surface area contributed by atoms with Crippen molar-refractivity contribution in [2.75, 3.05) is 0 Å². The summed E-state index contributed by atoms with van der Waals surface area (Å²) < 4.78 is 2.04. The number of para-hydroxylation sites is 1. The fourth-order valence-corrected chi connectivity index (χ4v) is 2.38. The smallest absolute Gasteiger partial charge is 0.0686 e. The van der Waals surface area contributed by atoms with Crippen molar-refractivity contribution in [3.8, 4) is 0 Å². The first-order valence-corrected chi connectivity index (χ1v) is 6.47. The molecular weight excluding hydrogens is 234 g/mol. The molecule has 0 atom stereocenters. The largest absolute Gasteiger partial charge is 0.326 e. The Morgan fingerprint density at radius 2 is 2.00 bits per heavy atom. The third-order valence-corrected chi connectivity index (χ3v) is 3.51. The van der Waals surface area contributed by atoms with Gasteiger partial charge in [-0.25, -0.2) is 0 Å². The predicted octanol–water partition coefficient (Wildman–Crippen LogP) is 2.85. The van der Waals surface area contributed by atoms with Gasteiger partial charge >= 0.3 is 0 Å². The third kappa shape index (κ3) is 2.25. The first kappa shape index (κ1) is 11.9. The Hall–Kier alpha value is -2.13. The lowest BCUT2D eigenvalue weighted by atomic mass is 10.1. The minimum absolute atomic E-state index is 0.589. The van der Waals surface area contributed by atoms with Crippen molar-refractivity contribution in [2.45, 2.75) is 20.0 Å². The van der Waals surface area contributed by atoms with Gasteiger partial charge in [-0.05, 0) is 29.7 Å². The molecule has 0 fully saturated rings. The molecular formula is C16H17N3. The first-order valence-electron chi connectivity index (χ1n) is 6.47. The zero-order valence-corrected chi connectivity index (χ0v) is 11.0. The van der Waals surface area contributed by atoms with Gasteiger partial charge in [-0.3, -0.25) is 4.68 Å². The minimum Gasteiger partial charge on any atom is -0.326 e. The second kappa shape index (κ2) is 4.86. The summed E-state index contributed by atoms with van der Waals surface area (Å²) in [6.07, 6.45) is 1.92. The molecule has 3 nitrogen and oxygen atoms in total. The predicted molar refractivity (Wildman–Crippen MR) is 77.9 cm³/mol. The van der Waals surface area contributed by atoms with Crippen molar-refractivity contribution >= 4 is 10.9 Å². The second-order valence-corrected chi connectivity index (χ2v) is 4.83. The van der Waals surface area contributed by atoms with Crippen molar-refractivity contribution in [1.82, 2.24) is 9.78 Å². The van der Waals surface area contributed by atoms with E-state index in [1.807, 2.05) is 23.0 Å². The van der Waals surface area contributed by atoms with E-state index in [4.69, 9.17) is 5.73 Å². The van der Waals surface area contributed by atoms with E-state index in [9.17, 15) is 0 Å². The number of hydrogen-bond acceptors (Lipinski definition) is 2. The van der Waals surface area contributed by atoms with Gasteiger partial charge in [0.15, 0.2) is 0 Å². The summed E-state index contributed by atoms with van der Waals surface area (Å²) in [4.78, 5) is 0. The molecule has 0 aliphatic carbocycles. The summed E-state index contributed by atoms with van der Waals surface area (Å²) >= 11 is 0. The number of benzene rings is 2. The molecule has 0 unspecified atom stereocenters. The van der Waals surface area contributed by atoms with E-state index in [-0.39, 0.29) is 0 Å². The van der Waals surface area contributed by atoms with Gasteiger partial charge in [0.25, 0.3) is 0 Å². The summed E-state index contributed by atoms with van der Waals surface area (Å²) in [6.45, 7) is 3.51. The van der Waals surface area contributed by atoms with Gasteiger partial charge in [-0.1, -0.05) is 36.4 Å². The highest BCUT2D eigenvalue weighted by molar-refractivity contribution is 5.78. The van der Waals surface area contributed by atoms with Gasteiger partial charge in [0.1, 0.15) is 0 Å². The fraction of sp³-hybridized carbons (Fsp3) is 0.188. The lowest BCUT2D eigenvalue weighted by molar-refractivity contribution is 0.708. The highest BCUT2D eigenvalue weighted by atomic mass is 15.3. The van der Waals surface area contributed by atoms with Crippen LogP contribution in [-0.4, -0.2) is 9.78 Å². The molecule has 1 heterocycles. The van der Waals surface area contributed by atoms with Crippen LogP contribution in [0.15, 0.2) is 48.7 Å². The molecule has 0 spiro atoms. The first-order chi connectivity index (χ1) is 9.28. The monoisotopic (exact) mass is 251 g/mol. The van der Waals surface area contributed by atoms with Gasteiger partial charge in [0.05, 0.1) is 18.3 Å². The molecule has 3 aromatic rings. The Morgan fingerprint density at radius 3 is 2.79 bits per heavy atom. The van der Waals surface area contributed by atoms with E-state index in [2.05, 4.69) is 42.4 Å². The summed E-state index contributed by atoms with van der Waals surface area (Å²) in [7, 11) is 0. The van der Waals surface area contributed by atoms with E-state index in [0.717, 1.165) is 6.54 Å². The van der Waals surface area contributed by atoms with Crippen LogP contribution in [0.25, 0.3) is 10.9 Å². The van der Waals surface area contributed by atoms with Crippen molar-refractivity contribution in [3.63, 3.8) is 0 Å². The van der Waals surface area contributed by atoms with E-state index >= 15 is 0 Å². The number of fused-ring (bicyclic) bond motifs is 1. The number of nitrogens with zero attached hydrogens (tertiary/aromatic N) is 2. The van der Waals surface area contributed by atoms with Crippen LogP contribution in [0.3, 0.4) is 0 Å². The van der Waals surface area contributed by atoms with Gasteiger partial charge in [0.2, 0.25) is 0 Å². The van der Waals surface area contributed by atoms with E-state index in [1.54, 1.807) is 0 Å². The molecule has 0 saturated carbocycles. The normalized spacial score (nSPS) is 11.1. The molecule has 1 aromatic heterocycles. The van der Waals surface area contributed by atoms with Crippen molar-refractivity contribution < 1.29 is 0 Å². The van der Waals surface area contributed by atoms with Crippen LogP contribution in [0.1, 0.15) is 16.7 Å². The van der Waals surface area contributed by atoms with Crippen LogP contribution >= 0.6 is 0 Å². The maximum absolute atomic E-state index is 5.66. The number of rotatable bonds is 3. The van der Waals surface area contributed by atoms with Crippen LogP contribution in [0.5, 0.6) is 0 Å². The quantitative estimate of drug-likeness (QED) is 0.778. The van der Waals surface area contributed by atoms with Crippen LogP contribution in [0.2, 0.25) is 0 Å². The van der Waals surface area contributed by atoms with Crippen molar-refractivity contribution in [3.05, 3.63) is 65.4 Å². The van der Waals surface area contributed by atoms with E-state index < -0.39 is 0 Å². The van der Waals surface area contributed by atoms with Crippen LogP contribution in [0.4, 0.5) is 0 Å². The van der Waals surface area contributed by atoms with Crippen molar-refractivity contribution in [2.24, 2.45) is 5.73 Å². The van der Waals surface area contributed by atoms with Gasteiger partial charge in [0, 0.05) is 11.9 Å². The molecule has 2 aromatic carbocycles. The molecule has 0 amide bonds. The maximum atomic E-state index is 5.66.